The molecule has 148 valence electrons. The van der Waals surface area contributed by atoms with E-state index in [4.69, 9.17) is 4.74 Å². The van der Waals surface area contributed by atoms with Gasteiger partial charge in [-0.2, -0.15) is 0 Å². The largest absolute Gasteiger partial charge is 0.494 e. The molecule has 0 saturated heterocycles. The van der Waals surface area contributed by atoms with Crippen molar-refractivity contribution in [2.75, 3.05) is 6.61 Å². The van der Waals surface area contributed by atoms with Crippen LogP contribution in [-0.4, -0.2) is 18.2 Å². The normalized spacial score (nSPS) is 10.4. The maximum absolute atomic E-state index is 12.3. The fraction of sp³-hybridized carbons (Fsp3) is 0.360. The molecule has 0 saturated carbocycles. The summed E-state index contributed by atoms with van der Waals surface area (Å²) >= 11 is 0. The summed E-state index contributed by atoms with van der Waals surface area (Å²) < 4.78 is 5.74. The minimum atomic E-state index is -0.495. The molecule has 0 heterocycles. The van der Waals surface area contributed by atoms with Gasteiger partial charge < -0.3 is 4.74 Å². The topological polar surface area (TPSA) is 43.4 Å². The smallest absolute Gasteiger partial charge is 0.233 e. The molecule has 0 aromatic heterocycles. The summed E-state index contributed by atoms with van der Waals surface area (Å²) in [5.41, 5.74) is 0.797. The summed E-state index contributed by atoms with van der Waals surface area (Å²) in [6, 6.07) is 15.4. The van der Waals surface area contributed by atoms with Gasteiger partial charge in [0.1, 0.15) is 5.75 Å². The zero-order valence-corrected chi connectivity index (χ0v) is 16.6. The third-order valence-electron chi connectivity index (χ3n) is 4.68. The van der Waals surface area contributed by atoms with Gasteiger partial charge in [-0.05, 0) is 43.5 Å². The molecule has 2 aromatic carbocycles. The van der Waals surface area contributed by atoms with Crippen LogP contribution in [0.25, 0.3) is 0 Å². The summed E-state index contributed by atoms with van der Waals surface area (Å²) in [4.78, 5) is 24.5. The van der Waals surface area contributed by atoms with Crippen molar-refractivity contribution in [3.63, 3.8) is 0 Å². The van der Waals surface area contributed by atoms with E-state index in [-0.39, 0.29) is 0 Å². The number of Topliss-reactive ketones (excluding diaryl/α,β-unsaturated/α-hetero) is 2. The molecule has 2 aromatic rings. The Kier molecular flexibility index (Phi) is 9.78. The van der Waals surface area contributed by atoms with Crippen molar-refractivity contribution >= 4 is 11.6 Å². The number of rotatable bonds is 14. The van der Waals surface area contributed by atoms with Crippen LogP contribution in [0.1, 0.15) is 72.1 Å². The van der Waals surface area contributed by atoms with E-state index >= 15 is 0 Å². The van der Waals surface area contributed by atoms with E-state index in [1.165, 1.54) is 38.5 Å². The predicted octanol–water partition coefficient (Wildman–Crippen LogP) is 6.44. The third-order valence-corrected chi connectivity index (χ3v) is 4.68. The van der Waals surface area contributed by atoms with Crippen LogP contribution in [0.15, 0.2) is 67.3 Å². The van der Waals surface area contributed by atoms with Crippen LogP contribution in [0, 0.1) is 0 Å². The first-order valence-electron chi connectivity index (χ1n) is 10.2. The predicted molar refractivity (Wildman–Crippen MR) is 114 cm³/mol. The van der Waals surface area contributed by atoms with Gasteiger partial charge in [-0.25, -0.2) is 0 Å². The number of benzene rings is 2. The zero-order valence-electron chi connectivity index (χ0n) is 16.6. The lowest BCUT2D eigenvalue weighted by Crippen LogP contribution is -2.14. The first kappa shape index (κ1) is 21.6. The monoisotopic (exact) mass is 378 g/mol. The Balaban J connectivity index is 1.65. The Hall–Kier alpha value is -2.68. The van der Waals surface area contributed by atoms with E-state index in [9.17, 15) is 9.59 Å². The Morgan fingerprint density at radius 2 is 1.25 bits per heavy atom. The van der Waals surface area contributed by atoms with E-state index in [2.05, 4.69) is 6.58 Å². The Morgan fingerprint density at radius 1 is 0.714 bits per heavy atom. The fourth-order valence-corrected chi connectivity index (χ4v) is 3.02. The second kappa shape index (κ2) is 12.7. The van der Waals surface area contributed by atoms with E-state index in [0.717, 1.165) is 18.6 Å². The Labute approximate surface area is 168 Å². The van der Waals surface area contributed by atoms with Crippen molar-refractivity contribution in [1.82, 2.24) is 0 Å². The molecule has 28 heavy (non-hydrogen) atoms. The highest BCUT2D eigenvalue weighted by Crippen LogP contribution is 2.15. The summed E-state index contributed by atoms with van der Waals surface area (Å²) in [6.45, 7) is 4.41. The fourth-order valence-electron chi connectivity index (χ4n) is 3.02. The van der Waals surface area contributed by atoms with Crippen molar-refractivity contribution in [1.29, 1.82) is 0 Å². The quantitative estimate of drug-likeness (QED) is 0.164. The first-order valence-corrected chi connectivity index (χ1v) is 10.2. The molecule has 0 N–H and O–H groups in total. The molecule has 0 aliphatic carbocycles. The van der Waals surface area contributed by atoms with Gasteiger partial charge in [-0.15, -0.1) is 6.58 Å². The molecule has 0 radical (unpaired) electrons. The van der Waals surface area contributed by atoms with Crippen LogP contribution in [0.4, 0.5) is 0 Å². The van der Waals surface area contributed by atoms with E-state index < -0.39 is 11.6 Å². The molecular formula is C25H30O3. The number of carbonyl (C=O) groups excluding carboxylic acids is 2. The molecule has 3 heteroatoms. The molecule has 0 fully saturated rings. The second-order valence-electron chi connectivity index (χ2n) is 6.95. The highest BCUT2D eigenvalue weighted by molar-refractivity contribution is 6.49. The van der Waals surface area contributed by atoms with Crippen LogP contribution in [0.3, 0.4) is 0 Å². The lowest BCUT2D eigenvalue weighted by Gasteiger charge is -2.07. The van der Waals surface area contributed by atoms with Crippen molar-refractivity contribution in [3.8, 4) is 5.75 Å². The Bertz CT molecular complexity index is 732. The van der Waals surface area contributed by atoms with E-state index in [0.29, 0.717) is 17.7 Å². The van der Waals surface area contributed by atoms with Gasteiger partial charge in [0, 0.05) is 11.1 Å². The summed E-state index contributed by atoms with van der Waals surface area (Å²) in [5, 5.41) is 0. The zero-order chi connectivity index (χ0) is 20.0. The lowest BCUT2D eigenvalue weighted by atomic mass is 10.0. The molecule has 0 aliphatic heterocycles. The van der Waals surface area contributed by atoms with Crippen molar-refractivity contribution in [3.05, 3.63) is 78.4 Å². The Morgan fingerprint density at radius 3 is 1.86 bits per heavy atom. The maximum atomic E-state index is 12.3. The van der Waals surface area contributed by atoms with Gasteiger partial charge in [0.15, 0.2) is 0 Å². The minimum absolute atomic E-state index is 0.387. The highest BCUT2D eigenvalue weighted by Gasteiger charge is 2.17. The minimum Gasteiger partial charge on any atom is -0.494 e. The third kappa shape index (κ3) is 7.51. The van der Waals surface area contributed by atoms with Crippen LogP contribution in [0.5, 0.6) is 5.75 Å². The van der Waals surface area contributed by atoms with Crippen LogP contribution >= 0.6 is 0 Å². The van der Waals surface area contributed by atoms with Crippen LogP contribution < -0.4 is 4.74 Å². The molecule has 3 nitrogen and oxygen atoms in total. The average molecular weight is 379 g/mol. The summed E-state index contributed by atoms with van der Waals surface area (Å²) in [7, 11) is 0. The number of allylic oxidation sites excluding steroid dienone is 1. The van der Waals surface area contributed by atoms with Gasteiger partial charge in [0.05, 0.1) is 6.61 Å². The van der Waals surface area contributed by atoms with E-state index in [1.807, 2.05) is 12.1 Å². The molecule has 2 rings (SSSR count). The summed E-state index contributed by atoms with van der Waals surface area (Å²) in [6.07, 6.45) is 11.7. The number of unbranched alkanes of at least 4 members (excludes halogenated alkanes) is 7. The number of ether oxygens (including phenoxy) is 1. The van der Waals surface area contributed by atoms with Crippen molar-refractivity contribution in [2.45, 2.75) is 51.4 Å². The number of hydrogen-bond acceptors (Lipinski definition) is 3. The van der Waals surface area contributed by atoms with Gasteiger partial charge in [0.2, 0.25) is 11.6 Å². The maximum Gasteiger partial charge on any atom is 0.233 e. The first-order chi connectivity index (χ1) is 13.7. The van der Waals surface area contributed by atoms with Crippen molar-refractivity contribution in [2.24, 2.45) is 0 Å². The molecule has 0 aliphatic rings. The number of ketones is 2. The molecule has 0 atom stereocenters. The molecule has 0 amide bonds. The highest BCUT2D eigenvalue weighted by atomic mass is 16.5. The lowest BCUT2D eigenvalue weighted by molar-refractivity contribution is 0.0817. The molecule has 0 spiro atoms. The van der Waals surface area contributed by atoms with Gasteiger partial charge >= 0.3 is 0 Å². The molecule has 0 unspecified atom stereocenters. The average Bonchev–Trinajstić information content (AvgIpc) is 2.75. The van der Waals surface area contributed by atoms with Gasteiger partial charge in [-0.1, -0.05) is 68.5 Å². The van der Waals surface area contributed by atoms with Crippen molar-refractivity contribution < 1.29 is 14.3 Å². The standard InChI is InChI=1S/C25H30O3/c1-2-3-4-5-6-7-8-9-13-20-28-23-18-16-22(17-19-23)25(27)24(26)21-14-11-10-12-15-21/h2,10-12,14-19H,1,3-9,13,20H2. The van der Waals surface area contributed by atoms with Gasteiger partial charge in [-0.3, -0.25) is 9.59 Å². The SMILES string of the molecule is C=CCCCCCCCCCOc1ccc(C(=O)C(=O)c2ccccc2)cc1. The van der Waals surface area contributed by atoms with E-state index in [1.54, 1.807) is 48.5 Å². The molecule has 0 bridgehead atoms. The van der Waals surface area contributed by atoms with Gasteiger partial charge in [0.25, 0.3) is 0 Å². The summed E-state index contributed by atoms with van der Waals surface area (Å²) in [5.74, 6) is -0.252. The van der Waals surface area contributed by atoms with Crippen LogP contribution in [-0.2, 0) is 0 Å². The second-order valence-corrected chi connectivity index (χ2v) is 6.95. The molecular weight excluding hydrogens is 348 g/mol. The number of hydrogen-bond donors (Lipinski definition) is 0. The van der Waals surface area contributed by atoms with Crippen LogP contribution in [0.2, 0.25) is 0 Å². The number of carbonyl (C=O) groups is 2.